The fraction of sp³-hybridized carbons (Fsp3) is 0.364. The van der Waals surface area contributed by atoms with Gasteiger partial charge in [-0.2, -0.15) is 0 Å². The molecular formula is C11H11F2N3O3. The molecule has 0 unspecified atom stereocenters. The quantitative estimate of drug-likeness (QED) is 0.778. The SMILES string of the molecule is CCOC(=O)c1nnn(Cc2ccco2)c1C(F)F. The Morgan fingerprint density at radius 2 is 2.37 bits per heavy atom. The first kappa shape index (κ1) is 13.2. The fourth-order valence-electron chi connectivity index (χ4n) is 1.55. The topological polar surface area (TPSA) is 70.2 Å². The molecule has 19 heavy (non-hydrogen) atoms. The molecule has 0 saturated carbocycles. The minimum absolute atomic E-state index is 0.0287. The van der Waals surface area contributed by atoms with E-state index >= 15 is 0 Å². The third-order valence-electron chi connectivity index (χ3n) is 2.33. The number of halogens is 2. The standard InChI is InChI=1S/C11H11F2N3O3/c1-2-18-11(17)8-9(10(12)13)16(15-14-8)6-7-4-3-5-19-7/h3-5,10H,2,6H2,1H3. The molecule has 8 heteroatoms. The Bertz CT molecular complexity index is 552. The Morgan fingerprint density at radius 1 is 1.58 bits per heavy atom. The van der Waals surface area contributed by atoms with E-state index in [-0.39, 0.29) is 13.2 Å². The largest absolute Gasteiger partial charge is 0.467 e. The summed E-state index contributed by atoms with van der Waals surface area (Å²) in [6.45, 7) is 1.62. The number of alkyl halides is 2. The summed E-state index contributed by atoms with van der Waals surface area (Å²) in [5.74, 6) is -0.481. The summed E-state index contributed by atoms with van der Waals surface area (Å²) in [6.07, 6.45) is -1.47. The highest BCUT2D eigenvalue weighted by Crippen LogP contribution is 2.22. The Hall–Kier alpha value is -2.25. The second kappa shape index (κ2) is 5.59. The zero-order valence-electron chi connectivity index (χ0n) is 10.0. The first-order chi connectivity index (χ1) is 9.13. The maximum atomic E-state index is 13.0. The van der Waals surface area contributed by atoms with Crippen LogP contribution in [0.4, 0.5) is 8.78 Å². The van der Waals surface area contributed by atoms with Crippen LogP contribution in [0.1, 0.15) is 35.3 Å². The molecule has 0 radical (unpaired) electrons. The highest BCUT2D eigenvalue weighted by atomic mass is 19.3. The van der Waals surface area contributed by atoms with Crippen molar-refractivity contribution in [1.82, 2.24) is 15.0 Å². The number of rotatable bonds is 5. The van der Waals surface area contributed by atoms with Gasteiger partial charge in [-0.1, -0.05) is 5.21 Å². The summed E-state index contributed by atoms with van der Waals surface area (Å²) in [5.41, 5.74) is -1.04. The van der Waals surface area contributed by atoms with Crippen LogP contribution in [0.3, 0.4) is 0 Å². The second-order valence-corrected chi connectivity index (χ2v) is 3.58. The third-order valence-corrected chi connectivity index (χ3v) is 2.33. The summed E-state index contributed by atoms with van der Waals surface area (Å²) >= 11 is 0. The maximum Gasteiger partial charge on any atom is 0.361 e. The number of nitrogens with zero attached hydrogens (tertiary/aromatic N) is 3. The second-order valence-electron chi connectivity index (χ2n) is 3.58. The summed E-state index contributed by atoms with van der Waals surface area (Å²) in [6, 6.07) is 3.24. The van der Waals surface area contributed by atoms with E-state index in [4.69, 9.17) is 4.42 Å². The zero-order valence-corrected chi connectivity index (χ0v) is 10.0. The lowest BCUT2D eigenvalue weighted by Gasteiger charge is -2.05. The van der Waals surface area contributed by atoms with Gasteiger partial charge in [0.1, 0.15) is 18.0 Å². The van der Waals surface area contributed by atoms with E-state index in [1.807, 2.05) is 0 Å². The lowest BCUT2D eigenvalue weighted by molar-refractivity contribution is 0.0506. The molecule has 0 aliphatic carbocycles. The van der Waals surface area contributed by atoms with Crippen molar-refractivity contribution in [3.05, 3.63) is 35.5 Å². The molecule has 0 amide bonds. The van der Waals surface area contributed by atoms with Gasteiger partial charge in [0.15, 0.2) is 5.69 Å². The molecule has 2 aromatic rings. The highest BCUT2D eigenvalue weighted by molar-refractivity contribution is 5.88. The Labute approximate surface area is 107 Å². The first-order valence-electron chi connectivity index (χ1n) is 5.54. The zero-order chi connectivity index (χ0) is 13.8. The van der Waals surface area contributed by atoms with Gasteiger partial charge in [-0.25, -0.2) is 18.3 Å². The highest BCUT2D eigenvalue weighted by Gasteiger charge is 2.27. The van der Waals surface area contributed by atoms with Crippen molar-refractivity contribution >= 4 is 5.97 Å². The van der Waals surface area contributed by atoms with Gasteiger partial charge in [0.25, 0.3) is 6.43 Å². The van der Waals surface area contributed by atoms with Crippen LogP contribution in [0.2, 0.25) is 0 Å². The minimum Gasteiger partial charge on any atom is -0.467 e. The molecule has 2 heterocycles. The van der Waals surface area contributed by atoms with Crippen LogP contribution in [-0.2, 0) is 11.3 Å². The number of carbonyl (C=O) groups is 1. The van der Waals surface area contributed by atoms with Crippen LogP contribution in [0, 0.1) is 0 Å². The van der Waals surface area contributed by atoms with E-state index in [0.717, 1.165) is 4.68 Å². The summed E-state index contributed by atoms with van der Waals surface area (Å²) < 4.78 is 36.6. The van der Waals surface area contributed by atoms with Gasteiger partial charge in [0.05, 0.1) is 12.9 Å². The van der Waals surface area contributed by atoms with Crippen molar-refractivity contribution in [3.8, 4) is 0 Å². The molecule has 0 atom stereocenters. The normalized spacial score (nSPS) is 10.9. The van der Waals surface area contributed by atoms with Gasteiger partial charge in [0.2, 0.25) is 0 Å². The van der Waals surface area contributed by atoms with Crippen LogP contribution in [0.5, 0.6) is 0 Å². The van der Waals surface area contributed by atoms with E-state index < -0.39 is 23.8 Å². The fourth-order valence-corrected chi connectivity index (χ4v) is 1.55. The molecule has 0 fully saturated rings. The van der Waals surface area contributed by atoms with Gasteiger partial charge in [-0.05, 0) is 19.1 Å². The average molecular weight is 271 g/mol. The predicted molar refractivity (Wildman–Crippen MR) is 58.7 cm³/mol. The molecule has 2 aromatic heterocycles. The molecule has 0 aliphatic rings. The van der Waals surface area contributed by atoms with Crippen molar-refractivity contribution < 1.29 is 22.7 Å². The number of carbonyl (C=O) groups excluding carboxylic acids is 1. The molecule has 0 bridgehead atoms. The lowest BCUT2D eigenvalue weighted by Crippen LogP contribution is -2.12. The minimum atomic E-state index is -2.88. The van der Waals surface area contributed by atoms with Gasteiger partial charge in [-0.15, -0.1) is 5.10 Å². The van der Waals surface area contributed by atoms with E-state index in [0.29, 0.717) is 5.76 Å². The van der Waals surface area contributed by atoms with E-state index in [1.165, 1.54) is 6.26 Å². The lowest BCUT2D eigenvalue weighted by atomic mass is 10.3. The molecule has 0 spiro atoms. The number of hydrogen-bond donors (Lipinski definition) is 0. The summed E-state index contributed by atoms with van der Waals surface area (Å²) in [7, 11) is 0. The van der Waals surface area contributed by atoms with Crippen LogP contribution >= 0.6 is 0 Å². The van der Waals surface area contributed by atoms with E-state index in [9.17, 15) is 13.6 Å². The van der Waals surface area contributed by atoms with E-state index in [1.54, 1.807) is 19.1 Å². The van der Waals surface area contributed by atoms with E-state index in [2.05, 4.69) is 15.0 Å². The maximum absolute atomic E-state index is 13.0. The number of furan rings is 1. The van der Waals surface area contributed by atoms with Crippen molar-refractivity contribution in [2.75, 3.05) is 6.61 Å². The number of aromatic nitrogens is 3. The van der Waals surface area contributed by atoms with Crippen molar-refractivity contribution in [2.45, 2.75) is 19.9 Å². The molecule has 102 valence electrons. The summed E-state index contributed by atoms with van der Waals surface area (Å²) in [4.78, 5) is 11.5. The summed E-state index contributed by atoms with van der Waals surface area (Å²) in [5, 5.41) is 6.99. The number of ether oxygens (including phenoxy) is 1. The Kier molecular flexibility index (Phi) is 3.88. The Morgan fingerprint density at radius 3 is 2.95 bits per heavy atom. The van der Waals surface area contributed by atoms with Crippen molar-refractivity contribution in [1.29, 1.82) is 0 Å². The van der Waals surface area contributed by atoms with Gasteiger partial charge >= 0.3 is 5.97 Å². The molecule has 0 aromatic carbocycles. The van der Waals surface area contributed by atoms with Gasteiger partial charge in [0, 0.05) is 0 Å². The number of hydrogen-bond acceptors (Lipinski definition) is 5. The first-order valence-corrected chi connectivity index (χ1v) is 5.54. The van der Waals surface area contributed by atoms with Crippen LogP contribution < -0.4 is 0 Å². The van der Waals surface area contributed by atoms with Crippen molar-refractivity contribution in [2.24, 2.45) is 0 Å². The average Bonchev–Trinajstić information content (AvgIpc) is 2.99. The molecule has 0 aliphatic heterocycles. The molecule has 6 nitrogen and oxygen atoms in total. The predicted octanol–water partition coefficient (Wildman–Crippen LogP) is 2.03. The molecular weight excluding hydrogens is 260 g/mol. The molecule has 0 N–H and O–H groups in total. The van der Waals surface area contributed by atoms with Crippen LogP contribution in [0.25, 0.3) is 0 Å². The smallest absolute Gasteiger partial charge is 0.361 e. The van der Waals surface area contributed by atoms with Crippen LogP contribution in [0.15, 0.2) is 22.8 Å². The van der Waals surface area contributed by atoms with Gasteiger partial charge < -0.3 is 9.15 Å². The van der Waals surface area contributed by atoms with Crippen LogP contribution in [-0.4, -0.2) is 27.6 Å². The number of esters is 1. The molecule has 2 rings (SSSR count). The van der Waals surface area contributed by atoms with Crippen molar-refractivity contribution in [3.63, 3.8) is 0 Å². The van der Waals surface area contributed by atoms with Gasteiger partial charge in [-0.3, -0.25) is 0 Å². The monoisotopic (exact) mass is 271 g/mol. The third kappa shape index (κ3) is 2.78. The Balaban J connectivity index is 2.31. The molecule has 0 saturated heterocycles.